The Balaban J connectivity index is 2.17. The molecule has 18 heavy (non-hydrogen) atoms. The van der Waals surface area contributed by atoms with Crippen LogP contribution in [0.15, 0.2) is 18.2 Å². The molecule has 0 radical (unpaired) electrons. The molecule has 0 aromatic heterocycles. The number of benzene rings is 1. The van der Waals surface area contributed by atoms with Gasteiger partial charge in [0, 0.05) is 18.8 Å². The van der Waals surface area contributed by atoms with Gasteiger partial charge in [-0.15, -0.1) is 0 Å². The molecule has 98 valence electrons. The van der Waals surface area contributed by atoms with Gasteiger partial charge < -0.3 is 25.6 Å². The summed E-state index contributed by atoms with van der Waals surface area (Å²) in [6.07, 6.45) is -0.360. The molecule has 4 N–H and O–H groups in total. The van der Waals surface area contributed by atoms with Gasteiger partial charge in [-0.1, -0.05) is 0 Å². The van der Waals surface area contributed by atoms with Crippen LogP contribution >= 0.6 is 0 Å². The summed E-state index contributed by atoms with van der Waals surface area (Å²) in [6.45, 7) is 1.03. The van der Waals surface area contributed by atoms with Crippen LogP contribution in [0.5, 0.6) is 5.75 Å². The van der Waals surface area contributed by atoms with Crippen molar-refractivity contribution in [1.29, 1.82) is 0 Å². The molecule has 1 heterocycles. The second-order valence-corrected chi connectivity index (χ2v) is 4.20. The summed E-state index contributed by atoms with van der Waals surface area (Å²) in [6, 6.07) is 4.27. The fourth-order valence-electron chi connectivity index (χ4n) is 1.91. The van der Waals surface area contributed by atoms with E-state index in [1.807, 2.05) is 0 Å². The number of aliphatic hydroxyl groups excluding tert-OH is 1. The van der Waals surface area contributed by atoms with Gasteiger partial charge in [0.15, 0.2) is 0 Å². The van der Waals surface area contributed by atoms with Gasteiger partial charge >= 0.3 is 0 Å². The van der Waals surface area contributed by atoms with Gasteiger partial charge in [-0.05, 0) is 18.2 Å². The van der Waals surface area contributed by atoms with Crippen LogP contribution in [0.25, 0.3) is 0 Å². The zero-order chi connectivity index (χ0) is 13.1. The van der Waals surface area contributed by atoms with E-state index in [1.54, 1.807) is 4.90 Å². The molecule has 0 spiro atoms. The van der Waals surface area contributed by atoms with Crippen molar-refractivity contribution in [2.75, 3.05) is 32.0 Å². The number of carbonyl (C=O) groups is 1. The van der Waals surface area contributed by atoms with Crippen molar-refractivity contribution in [1.82, 2.24) is 4.90 Å². The van der Waals surface area contributed by atoms with Crippen LogP contribution in [-0.4, -0.2) is 53.4 Å². The predicted molar refractivity (Wildman–Crippen MR) is 65.2 cm³/mol. The van der Waals surface area contributed by atoms with E-state index in [0.29, 0.717) is 25.4 Å². The molecule has 1 saturated heterocycles. The molecule has 1 fully saturated rings. The molecule has 0 aliphatic carbocycles. The van der Waals surface area contributed by atoms with Crippen molar-refractivity contribution in [2.24, 2.45) is 0 Å². The maximum absolute atomic E-state index is 12.2. The number of nitrogens with zero attached hydrogens (tertiary/aromatic N) is 1. The van der Waals surface area contributed by atoms with Crippen LogP contribution in [0.3, 0.4) is 0 Å². The first-order chi connectivity index (χ1) is 8.61. The standard InChI is InChI=1S/C12H16N2O4/c13-11-2-1-8(16)5-10(11)12(17)14-3-4-18-9(6-14)7-15/h1-2,5,9,15-16H,3-4,6-7,13H2. The van der Waals surface area contributed by atoms with E-state index < -0.39 is 0 Å². The maximum atomic E-state index is 12.2. The highest BCUT2D eigenvalue weighted by atomic mass is 16.5. The lowest BCUT2D eigenvalue weighted by Crippen LogP contribution is -2.47. The number of anilines is 1. The Morgan fingerprint density at radius 2 is 2.33 bits per heavy atom. The second-order valence-electron chi connectivity index (χ2n) is 4.20. The number of carbonyl (C=O) groups excluding carboxylic acids is 1. The highest BCUT2D eigenvalue weighted by molar-refractivity contribution is 5.99. The summed E-state index contributed by atoms with van der Waals surface area (Å²) in [5.41, 5.74) is 6.32. The van der Waals surface area contributed by atoms with Gasteiger partial charge in [0.25, 0.3) is 5.91 Å². The Hall–Kier alpha value is -1.79. The average molecular weight is 252 g/mol. The molecule has 1 amide bonds. The van der Waals surface area contributed by atoms with Crippen LogP contribution in [0, 0.1) is 0 Å². The molecule has 6 nitrogen and oxygen atoms in total. The fourth-order valence-corrected chi connectivity index (χ4v) is 1.91. The number of phenolic OH excluding ortho intramolecular Hbond substituents is 1. The molecule has 1 aliphatic rings. The van der Waals surface area contributed by atoms with Gasteiger partial charge in [-0.25, -0.2) is 0 Å². The first-order valence-electron chi connectivity index (χ1n) is 5.72. The van der Waals surface area contributed by atoms with Gasteiger partial charge in [0.1, 0.15) is 5.75 Å². The van der Waals surface area contributed by atoms with Crippen molar-refractivity contribution in [3.05, 3.63) is 23.8 Å². The van der Waals surface area contributed by atoms with E-state index in [1.165, 1.54) is 18.2 Å². The van der Waals surface area contributed by atoms with Crippen molar-refractivity contribution >= 4 is 11.6 Å². The smallest absolute Gasteiger partial charge is 0.256 e. The lowest BCUT2D eigenvalue weighted by molar-refractivity contribution is -0.0447. The molecular formula is C12H16N2O4. The zero-order valence-corrected chi connectivity index (χ0v) is 9.87. The molecule has 1 aromatic rings. The van der Waals surface area contributed by atoms with E-state index in [4.69, 9.17) is 15.6 Å². The number of morpholine rings is 1. The maximum Gasteiger partial charge on any atom is 0.256 e. The fraction of sp³-hybridized carbons (Fsp3) is 0.417. The molecule has 6 heteroatoms. The number of hydrogen-bond donors (Lipinski definition) is 3. The van der Waals surface area contributed by atoms with Crippen LogP contribution in [0.2, 0.25) is 0 Å². The van der Waals surface area contributed by atoms with E-state index in [2.05, 4.69) is 0 Å². The average Bonchev–Trinajstić information content (AvgIpc) is 2.41. The normalized spacial score (nSPS) is 19.8. The Morgan fingerprint density at radius 1 is 1.56 bits per heavy atom. The number of nitrogen functional groups attached to an aromatic ring is 1. The highest BCUT2D eigenvalue weighted by Gasteiger charge is 2.25. The topological polar surface area (TPSA) is 96.0 Å². The van der Waals surface area contributed by atoms with Crippen molar-refractivity contribution in [3.63, 3.8) is 0 Å². The number of phenols is 1. The minimum atomic E-state index is -0.360. The molecule has 2 rings (SSSR count). The zero-order valence-electron chi connectivity index (χ0n) is 9.87. The molecule has 0 bridgehead atoms. The number of aromatic hydroxyl groups is 1. The Bertz CT molecular complexity index is 450. The summed E-state index contributed by atoms with van der Waals surface area (Å²) in [4.78, 5) is 13.8. The van der Waals surface area contributed by atoms with Gasteiger partial charge in [-0.2, -0.15) is 0 Å². The predicted octanol–water partition coefficient (Wildman–Crippen LogP) is -0.192. The number of amides is 1. The number of rotatable bonds is 2. The Kier molecular flexibility index (Phi) is 3.69. The van der Waals surface area contributed by atoms with E-state index in [-0.39, 0.29) is 29.9 Å². The van der Waals surface area contributed by atoms with Crippen molar-refractivity contribution in [3.8, 4) is 5.75 Å². The molecular weight excluding hydrogens is 236 g/mol. The molecule has 0 saturated carbocycles. The minimum absolute atomic E-state index is 0.000447. The first-order valence-corrected chi connectivity index (χ1v) is 5.72. The summed E-state index contributed by atoms with van der Waals surface area (Å²) in [5, 5.41) is 18.4. The van der Waals surface area contributed by atoms with Crippen LogP contribution in [-0.2, 0) is 4.74 Å². The van der Waals surface area contributed by atoms with Gasteiger partial charge in [0.2, 0.25) is 0 Å². The Labute approximate surface area is 105 Å². The lowest BCUT2D eigenvalue weighted by Gasteiger charge is -2.32. The quantitative estimate of drug-likeness (QED) is 0.500. The van der Waals surface area contributed by atoms with E-state index >= 15 is 0 Å². The summed E-state index contributed by atoms with van der Waals surface area (Å²) in [5.74, 6) is -0.260. The van der Waals surface area contributed by atoms with Crippen molar-refractivity contribution in [2.45, 2.75) is 6.10 Å². The third-order valence-corrected chi connectivity index (χ3v) is 2.90. The number of nitrogens with two attached hydrogens (primary N) is 1. The monoisotopic (exact) mass is 252 g/mol. The SMILES string of the molecule is Nc1ccc(O)cc1C(=O)N1CCOC(CO)C1. The number of hydrogen-bond acceptors (Lipinski definition) is 5. The third-order valence-electron chi connectivity index (χ3n) is 2.90. The van der Waals surface area contributed by atoms with E-state index in [9.17, 15) is 9.90 Å². The largest absolute Gasteiger partial charge is 0.508 e. The number of aliphatic hydroxyl groups is 1. The number of ether oxygens (including phenoxy) is 1. The van der Waals surface area contributed by atoms with Gasteiger partial charge in [-0.3, -0.25) is 4.79 Å². The van der Waals surface area contributed by atoms with Crippen molar-refractivity contribution < 1.29 is 19.7 Å². The highest BCUT2D eigenvalue weighted by Crippen LogP contribution is 2.21. The van der Waals surface area contributed by atoms with Gasteiger partial charge in [0.05, 0.1) is 24.9 Å². The summed E-state index contributed by atoms with van der Waals surface area (Å²) >= 11 is 0. The second kappa shape index (κ2) is 5.24. The molecule has 1 unspecified atom stereocenters. The third kappa shape index (κ3) is 2.55. The molecule has 1 atom stereocenters. The summed E-state index contributed by atoms with van der Waals surface area (Å²) in [7, 11) is 0. The Morgan fingerprint density at radius 3 is 3.06 bits per heavy atom. The molecule has 1 aromatic carbocycles. The lowest BCUT2D eigenvalue weighted by atomic mass is 10.1. The van der Waals surface area contributed by atoms with Crippen LogP contribution < -0.4 is 5.73 Å². The first kappa shape index (κ1) is 12.7. The molecule has 1 aliphatic heterocycles. The van der Waals surface area contributed by atoms with E-state index in [0.717, 1.165) is 0 Å². The van der Waals surface area contributed by atoms with Crippen LogP contribution in [0.4, 0.5) is 5.69 Å². The minimum Gasteiger partial charge on any atom is -0.508 e. The van der Waals surface area contributed by atoms with Crippen LogP contribution in [0.1, 0.15) is 10.4 Å². The summed E-state index contributed by atoms with van der Waals surface area (Å²) < 4.78 is 5.27.